The van der Waals surface area contributed by atoms with Gasteiger partial charge >= 0.3 is 0 Å². The van der Waals surface area contributed by atoms with Gasteiger partial charge in [0.1, 0.15) is 5.75 Å². The number of nitrogens with one attached hydrogen (secondary N) is 1. The van der Waals surface area contributed by atoms with Crippen molar-refractivity contribution >= 4 is 24.1 Å². The predicted molar refractivity (Wildman–Crippen MR) is 121 cm³/mol. The first-order valence-electron chi connectivity index (χ1n) is 11.1. The zero-order valence-corrected chi connectivity index (χ0v) is 17.8. The lowest BCUT2D eigenvalue weighted by Crippen LogP contribution is -2.34. The first-order valence-corrected chi connectivity index (χ1v) is 11.1. The lowest BCUT2D eigenvalue weighted by atomic mass is 10.1. The molecule has 2 aliphatic heterocycles. The topological polar surface area (TPSA) is 78.8 Å². The molecule has 0 amide bonds. The van der Waals surface area contributed by atoms with Crippen LogP contribution >= 0.6 is 0 Å². The summed E-state index contributed by atoms with van der Waals surface area (Å²) >= 11 is 0. The van der Waals surface area contributed by atoms with E-state index in [0.29, 0.717) is 12.6 Å². The molecule has 2 saturated heterocycles. The molecule has 3 heterocycles. The van der Waals surface area contributed by atoms with Crippen molar-refractivity contribution in [1.82, 2.24) is 15.0 Å². The van der Waals surface area contributed by atoms with E-state index in [1.54, 1.807) is 6.21 Å². The molecule has 0 bridgehead atoms. The molecule has 30 heavy (non-hydrogen) atoms. The number of para-hydroxylation sites is 1. The Morgan fingerprint density at radius 2 is 1.50 bits per heavy atom. The highest BCUT2D eigenvalue weighted by molar-refractivity contribution is 5.83. The maximum Gasteiger partial charge on any atom is 0.250 e. The van der Waals surface area contributed by atoms with E-state index in [-0.39, 0.29) is 0 Å². The van der Waals surface area contributed by atoms with Gasteiger partial charge in [0, 0.05) is 31.7 Å². The van der Waals surface area contributed by atoms with Crippen molar-refractivity contribution in [3.63, 3.8) is 0 Å². The summed E-state index contributed by atoms with van der Waals surface area (Å²) < 4.78 is 5.66. The highest BCUT2D eigenvalue weighted by atomic mass is 16.5. The number of benzene rings is 1. The summed E-state index contributed by atoms with van der Waals surface area (Å²) in [4.78, 5) is 18.7. The van der Waals surface area contributed by atoms with Gasteiger partial charge in [0.15, 0.2) is 0 Å². The fourth-order valence-corrected chi connectivity index (χ4v) is 3.91. The van der Waals surface area contributed by atoms with E-state index in [1.165, 1.54) is 38.5 Å². The molecule has 2 aliphatic rings. The molecule has 8 nitrogen and oxygen atoms in total. The molecule has 0 saturated carbocycles. The highest BCUT2D eigenvalue weighted by Gasteiger charge is 2.20. The first-order chi connectivity index (χ1) is 14.8. The molecule has 0 radical (unpaired) electrons. The zero-order valence-electron chi connectivity index (χ0n) is 17.8. The Hall–Kier alpha value is -2.90. The summed E-state index contributed by atoms with van der Waals surface area (Å²) in [5.41, 5.74) is 3.93. The average molecular weight is 410 g/mol. The maximum absolute atomic E-state index is 5.66. The molecule has 0 aliphatic carbocycles. The zero-order chi connectivity index (χ0) is 20.6. The lowest BCUT2D eigenvalue weighted by Gasteiger charge is -2.30. The molecule has 1 aromatic carbocycles. The third-order valence-electron chi connectivity index (χ3n) is 5.48. The standard InChI is InChI=1S/C22H31N7O/c1-2-30-19-12-6-5-11-18(19)17-23-27-20-24-21(28-13-7-3-8-14-28)26-22(25-20)29-15-9-4-10-16-29/h5-6,11-12,17H,2-4,7-10,13-16H2,1H3,(H,24,25,26,27). The summed E-state index contributed by atoms with van der Waals surface area (Å²) in [5, 5.41) is 4.38. The molecule has 0 unspecified atom stereocenters. The van der Waals surface area contributed by atoms with Crippen molar-refractivity contribution in [2.45, 2.75) is 45.4 Å². The Balaban J connectivity index is 1.55. The fourth-order valence-electron chi connectivity index (χ4n) is 3.91. The van der Waals surface area contributed by atoms with Crippen LogP contribution in [0.5, 0.6) is 5.75 Å². The SMILES string of the molecule is CCOc1ccccc1C=NNc1nc(N2CCCCC2)nc(N2CCCCC2)n1. The molecule has 4 rings (SSSR count). The number of hydrazone groups is 1. The molecule has 2 fully saturated rings. The number of hydrogen-bond acceptors (Lipinski definition) is 8. The Labute approximate surface area is 178 Å². The van der Waals surface area contributed by atoms with Crippen LogP contribution < -0.4 is 20.0 Å². The van der Waals surface area contributed by atoms with E-state index in [2.05, 4.69) is 30.3 Å². The Bertz CT molecular complexity index is 809. The molecule has 1 aromatic heterocycles. The molecule has 0 atom stereocenters. The van der Waals surface area contributed by atoms with E-state index in [1.807, 2.05) is 31.2 Å². The number of anilines is 3. The minimum atomic E-state index is 0.483. The number of piperidine rings is 2. The summed E-state index contributed by atoms with van der Waals surface area (Å²) in [6.45, 7) is 6.56. The van der Waals surface area contributed by atoms with Crippen molar-refractivity contribution in [3.8, 4) is 5.75 Å². The second-order valence-electron chi connectivity index (χ2n) is 7.70. The third-order valence-corrected chi connectivity index (χ3v) is 5.48. The van der Waals surface area contributed by atoms with Crippen molar-refractivity contribution in [3.05, 3.63) is 29.8 Å². The predicted octanol–water partition coefficient (Wildman–Crippen LogP) is 3.70. The molecular formula is C22H31N7O. The average Bonchev–Trinajstić information content (AvgIpc) is 2.81. The molecule has 2 aromatic rings. The van der Waals surface area contributed by atoms with Crippen molar-refractivity contribution in [2.75, 3.05) is 48.0 Å². The Morgan fingerprint density at radius 1 is 0.900 bits per heavy atom. The van der Waals surface area contributed by atoms with Gasteiger partial charge in [0.05, 0.1) is 12.8 Å². The van der Waals surface area contributed by atoms with Crippen LogP contribution in [0.25, 0.3) is 0 Å². The van der Waals surface area contributed by atoms with Gasteiger partial charge in [-0.15, -0.1) is 0 Å². The fraction of sp³-hybridized carbons (Fsp3) is 0.545. The van der Waals surface area contributed by atoms with E-state index >= 15 is 0 Å². The molecule has 8 heteroatoms. The Kier molecular flexibility index (Phi) is 6.95. The summed E-state index contributed by atoms with van der Waals surface area (Å²) in [7, 11) is 0. The second kappa shape index (κ2) is 10.2. The largest absolute Gasteiger partial charge is 0.493 e. The van der Waals surface area contributed by atoms with Crippen LogP contribution in [0.15, 0.2) is 29.4 Å². The number of rotatable bonds is 7. The van der Waals surface area contributed by atoms with Crippen molar-refractivity contribution in [2.24, 2.45) is 5.10 Å². The van der Waals surface area contributed by atoms with Crippen LogP contribution in [-0.2, 0) is 0 Å². The quantitative estimate of drug-likeness (QED) is 0.552. The number of ether oxygens (including phenoxy) is 1. The van der Waals surface area contributed by atoms with Crippen LogP contribution in [0.1, 0.15) is 51.0 Å². The van der Waals surface area contributed by atoms with E-state index in [4.69, 9.17) is 9.72 Å². The lowest BCUT2D eigenvalue weighted by molar-refractivity contribution is 0.340. The van der Waals surface area contributed by atoms with Gasteiger partial charge in [0.2, 0.25) is 17.8 Å². The van der Waals surface area contributed by atoms with Crippen LogP contribution in [0.2, 0.25) is 0 Å². The summed E-state index contributed by atoms with van der Waals surface area (Å²) in [6.07, 6.45) is 9.01. The maximum atomic E-state index is 5.66. The highest BCUT2D eigenvalue weighted by Crippen LogP contribution is 2.22. The summed E-state index contributed by atoms with van der Waals surface area (Å²) in [6, 6.07) is 7.84. The van der Waals surface area contributed by atoms with Crippen molar-refractivity contribution < 1.29 is 4.74 Å². The van der Waals surface area contributed by atoms with Crippen LogP contribution in [-0.4, -0.2) is 54.0 Å². The van der Waals surface area contributed by atoms with Gasteiger partial charge in [-0.05, 0) is 57.6 Å². The smallest absolute Gasteiger partial charge is 0.250 e. The van der Waals surface area contributed by atoms with E-state index in [9.17, 15) is 0 Å². The van der Waals surface area contributed by atoms with Gasteiger partial charge < -0.3 is 14.5 Å². The number of nitrogens with zero attached hydrogens (tertiary/aromatic N) is 6. The van der Waals surface area contributed by atoms with Gasteiger partial charge in [-0.2, -0.15) is 20.1 Å². The normalized spacial score (nSPS) is 17.4. The minimum absolute atomic E-state index is 0.483. The van der Waals surface area contributed by atoms with E-state index in [0.717, 1.165) is 49.4 Å². The Morgan fingerprint density at radius 3 is 2.10 bits per heavy atom. The van der Waals surface area contributed by atoms with Crippen LogP contribution in [0.3, 0.4) is 0 Å². The first kappa shape index (κ1) is 20.4. The monoisotopic (exact) mass is 409 g/mol. The molecule has 160 valence electrons. The molecular weight excluding hydrogens is 378 g/mol. The molecule has 0 spiro atoms. The third kappa shape index (κ3) is 5.17. The van der Waals surface area contributed by atoms with Crippen LogP contribution in [0.4, 0.5) is 17.8 Å². The van der Waals surface area contributed by atoms with Crippen LogP contribution in [0, 0.1) is 0 Å². The van der Waals surface area contributed by atoms with Gasteiger partial charge in [-0.1, -0.05) is 12.1 Å². The van der Waals surface area contributed by atoms with Gasteiger partial charge in [-0.25, -0.2) is 5.43 Å². The van der Waals surface area contributed by atoms with Gasteiger partial charge in [-0.3, -0.25) is 0 Å². The van der Waals surface area contributed by atoms with Crippen molar-refractivity contribution in [1.29, 1.82) is 0 Å². The van der Waals surface area contributed by atoms with E-state index < -0.39 is 0 Å². The number of hydrogen-bond donors (Lipinski definition) is 1. The van der Waals surface area contributed by atoms with Gasteiger partial charge in [0.25, 0.3) is 0 Å². The summed E-state index contributed by atoms with van der Waals surface area (Å²) in [5.74, 6) is 2.79. The number of aromatic nitrogens is 3. The molecule has 1 N–H and O–H groups in total. The second-order valence-corrected chi connectivity index (χ2v) is 7.70. The minimum Gasteiger partial charge on any atom is -0.493 e.